The molecule has 724 valence electrons. The molecule has 10 amide bonds. The van der Waals surface area contributed by atoms with Gasteiger partial charge >= 0.3 is 84.5 Å². The van der Waals surface area contributed by atoms with Crippen molar-refractivity contribution in [1.82, 2.24) is 62.6 Å². The van der Waals surface area contributed by atoms with Crippen LogP contribution in [-0.4, -0.2) is 291 Å². The van der Waals surface area contributed by atoms with Crippen LogP contribution in [0, 0.1) is 0 Å². The van der Waals surface area contributed by atoms with E-state index in [4.69, 9.17) is 43.0 Å². The number of hydrogen-bond acceptors (Lipinski definition) is 30. The lowest BCUT2D eigenvalue weighted by atomic mass is 9.94. The molecule has 5 fully saturated rings. The topological polar surface area (TPSA) is 533 Å². The van der Waals surface area contributed by atoms with Crippen molar-refractivity contribution in [3.05, 3.63) is 108 Å². The Hall–Kier alpha value is -12.4. The number of likely N-dealkylation sites (tertiary alicyclic amines) is 2. The van der Waals surface area contributed by atoms with Crippen molar-refractivity contribution >= 4 is 96.0 Å². The van der Waals surface area contributed by atoms with E-state index in [1.165, 1.54) is 50.2 Å². The molecule has 44 heteroatoms. The molecule has 12 atom stereocenters. The maximum Gasteiger partial charge on any atom is 0.471 e. The quantitative estimate of drug-likeness (QED) is 0.0354. The number of carbonyl (C=O) groups is 16. The molecule has 5 heterocycles. The molecule has 0 aliphatic carbocycles. The highest BCUT2D eigenvalue weighted by Gasteiger charge is 2.48. The number of nitrogens with one attached hydrogen (secondary N) is 9. The number of alkyl halides is 3. The van der Waals surface area contributed by atoms with Gasteiger partial charge in [0.25, 0.3) is 0 Å². The number of hydrogen-bond donors (Lipinski definition) is 11. The van der Waals surface area contributed by atoms with Gasteiger partial charge in [0.05, 0.1) is 67.8 Å². The molecule has 3 aromatic carbocycles. The summed E-state index contributed by atoms with van der Waals surface area (Å²) < 4.78 is 91.6. The highest BCUT2D eigenvalue weighted by atomic mass is 19.4. The molecule has 3 aromatic rings. The average molecular weight is 1850 g/mol. The smallest absolute Gasteiger partial charge is 0.471 e. The van der Waals surface area contributed by atoms with Crippen molar-refractivity contribution in [3.63, 3.8) is 0 Å². The Balaban J connectivity index is 0.000000350. The minimum atomic E-state index is -5.07. The fraction of sp³-hybridized carbons (Fsp3) is 0.605. The van der Waals surface area contributed by atoms with E-state index in [2.05, 4.69) is 56.7 Å². The lowest BCUT2D eigenvalue weighted by molar-refractivity contribution is -0.175. The lowest BCUT2D eigenvalue weighted by Gasteiger charge is -2.41. The number of esters is 5. The number of ether oxygens (including phenoxy) is 11. The van der Waals surface area contributed by atoms with Crippen molar-refractivity contribution < 1.29 is 152 Å². The van der Waals surface area contributed by atoms with Crippen LogP contribution in [0.5, 0.6) is 0 Å². The standard InChI is InChI=1S/C24H35N3O8.C24H35N3O7.C16H22N2O6.C13H18F3N3O4.C9H15NO4/c1-24(2,3)35-23(32)26-18(13-25-22(31)34-15-16-9-6-5-7-10-16)20(29)27-17(14-28)11-8-12-19(27)21(30)33-4;1-16-10-9-13-19(21(29)32-5)27(16)20(28)18(26-23(31)34-24(2,3)4)14-25-22(30)33-15-17-11-7-6-8-12-17;1-16(2,3)24-15(22)18-12(13(19)20)9-17-14(21)23-10-11-7-5-4-6-8-11;1-23-11(21)9-4-2-3-7-5-17-6-8(10(20)19(7)9)18-12(22)13(14,15)16;1-13-8(11)6-4-3-5-7(10-6)9(12)14-2/h5-7,9-10,17-19,28H,8,11-15H2,1-4H3,(H,25,31)(H,26,32);6-8,11-12,16,18-19H,9-10,13-15H2,1-5H3,(H,25,30)(H,26,31);4-8,12H,9-10H2,1-3H3,(H,17,21)(H,18,22)(H,19,20);7-9,17H,2-6H2,1H3,(H,18,22);6-7,10H,3-5H2,1-2H3/t17-,18+,19+;16-,18-,19-;12-;7-,8+,9+;6-,7+/m1001./s1. The molecule has 0 bridgehead atoms. The van der Waals surface area contributed by atoms with Crippen molar-refractivity contribution in [2.45, 2.75) is 262 Å². The summed E-state index contributed by atoms with van der Waals surface area (Å²) in [5.41, 5.74) is 0.0197. The zero-order valence-electron chi connectivity index (χ0n) is 75.8. The highest BCUT2D eigenvalue weighted by molar-refractivity contribution is 5.94. The predicted octanol–water partition coefficient (Wildman–Crippen LogP) is 5.76. The minimum Gasteiger partial charge on any atom is -0.480 e. The summed E-state index contributed by atoms with van der Waals surface area (Å²) in [6.45, 7) is 16.0. The number of aliphatic carboxylic acids is 1. The van der Waals surface area contributed by atoms with Crippen LogP contribution in [0.4, 0.5) is 41.9 Å². The Morgan fingerprint density at radius 3 is 1.17 bits per heavy atom. The first-order valence-electron chi connectivity index (χ1n) is 42.0. The second-order valence-corrected chi connectivity index (χ2v) is 33.2. The number of carboxylic acids is 1. The molecular weight excluding hydrogens is 1720 g/mol. The number of rotatable bonds is 25. The SMILES string of the molecule is CC(C)(C)OC(=O)N[C@@H](CNC(=O)OCc1ccccc1)C(=O)O.COC(=O)[C@@H]1CCC[C@@H]2CNC[C@H](NC(=O)C(F)(F)F)C(=O)N21.COC(=O)[C@@H]1CCC[C@H](C(=O)OC)N1.COC(=O)[C@@H]1CCC[C@H](C)N1C(=O)[C@H](CNC(=O)OCc1ccccc1)NC(=O)OC(C)(C)C.COC(=O)[C@@H]1CCC[C@H](CO)N1C(=O)[C@H](CNC(=O)OCc1ccccc1)NC(=O)OC(C)(C)C. The number of aliphatic hydroxyl groups is 1. The zero-order chi connectivity index (χ0) is 97.2. The third-order valence-corrected chi connectivity index (χ3v) is 19.7. The number of halogens is 3. The number of methoxy groups -OCH3 is 5. The number of benzene rings is 3. The number of amides is 10. The van der Waals surface area contributed by atoms with Gasteiger partial charge in [0.15, 0.2) is 0 Å². The van der Waals surface area contributed by atoms with E-state index in [-0.39, 0.29) is 88.7 Å². The van der Waals surface area contributed by atoms with Crippen LogP contribution in [0.25, 0.3) is 0 Å². The van der Waals surface area contributed by atoms with E-state index in [0.717, 1.165) is 29.5 Å². The van der Waals surface area contributed by atoms with Crippen LogP contribution in [0.2, 0.25) is 0 Å². The lowest BCUT2D eigenvalue weighted by Crippen LogP contribution is -2.62. The Bertz CT molecular complexity index is 4180. The Kier molecular flexibility index (Phi) is 45.9. The summed E-state index contributed by atoms with van der Waals surface area (Å²) in [5, 5.41) is 40.8. The number of piperidine rings is 4. The first kappa shape index (κ1) is 110. The van der Waals surface area contributed by atoms with Crippen LogP contribution in [0.3, 0.4) is 0 Å². The number of nitrogens with zero attached hydrogens (tertiary/aromatic N) is 3. The average Bonchev–Trinajstić information content (AvgIpc) is 1.33. The predicted molar refractivity (Wildman–Crippen MR) is 454 cm³/mol. The van der Waals surface area contributed by atoms with Crippen molar-refractivity contribution in [1.29, 1.82) is 0 Å². The summed E-state index contributed by atoms with van der Waals surface area (Å²) in [6.07, 6.45) is -2.65. The summed E-state index contributed by atoms with van der Waals surface area (Å²) in [7, 11) is 6.35. The van der Waals surface area contributed by atoms with E-state index >= 15 is 0 Å². The van der Waals surface area contributed by atoms with Gasteiger partial charge in [0.1, 0.15) is 91.0 Å². The van der Waals surface area contributed by atoms with Crippen molar-refractivity contribution in [3.8, 4) is 0 Å². The highest BCUT2D eigenvalue weighted by Crippen LogP contribution is 2.30. The second kappa shape index (κ2) is 54.2. The van der Waals surface area contributed by atoms with Crippen LogP contribution in [-0.2, 0) is 120 Å². The number of carbonyl (C=O) groups excluding carboxylic acids is 15. The van der Waals surface area contributed by atoms with Gasteiger partial charge in [-0.15, -0.1) is 0 Å². The fourth-order valence-electron chi connectivity index (χ4n) is 13.7. The number of carboxylic acid groups (broad SMARTS) is 1. The number of aliphatic hydroxyl groups excluding tert-OH is 1. The first-order chi connectivity index (χ1) is 61.2. The van der Waals surface area contributed by atoms with Gasteiger partial charge in [-0.1, -0.05) is 91.0 Å². The molecule has 0 radical (unpaired) electrons. The van der Waals surface area contributed by atoms with Gasteiger partial charge in [0.2, 0.25) is 17.7 Å². The molecule has 5 saturated heterocycles. The molecule has 41 nitrogen and oxygen atoms in total. The third kappa shape index (κ3) is 39.3. The largest absolute Gasteiger partial charge is 0.480 e. The normalized spacial score (nSPS) is 20.1. The van der Waals surface area contributed by atoms with E-state index in [1.807, 2.05) is 73.7 Å². The molecule has 8 rings (SSSR count). The van der Waals surface area contributed by atoms with E-state index in [1.54, 1.807) is 91.9 Å². The molecule has 130 heavy (non-hydrogen) atoms. The fourth-order valence-corrected chi connectivity index (χ4v) is 13.7. The molecule has 11 N–H and O–H groups in total. The molecule has 5 aliphatic rings. The Labute approximate surface area is 752 Å². The maximum absolute atomic E-state index is 13.5. The van der Waals surface area contributed by atoms with Crippen molar-refractivity contribution in [2.75, 3.05) is 74.9 Å². The van der Waals surface area contributed by atoms with Gasteiger partial charge < -0.3 is 120 Å². The Morgan fingerprint density at radius 1 is 0.446 bits per heavy atom. The maximum atomic E-state index is 13.5. The second-order valence-electron chi connectivity index (χ2n) is 33.2. The van der Waals surface area contributed by atoms with Crippen LogP contribution >= 0.6 is 0 Å². The van der Waals surface area contributed by atoms with E-state index < -0.39 is 155 Å². The van der Waals surface area contributed by atoms with Crippen LogP contribution in [0.1, 0.15) is 163 Å². The summed E-state index contributed by atoms with van der Waals surface area (Å²) >= 11 is 0. The van der Waals surface area contributed by atoms with Gasteiger partial charge in [-0.25, -0.2) is 47.9 Å². The Morgan fingerprint density at radius 2 is 0.792 bits per heavy atom. The monoisotopic (exact) mass is 1850 g/mol. The van der Waals surface area contributed by atoms with E-state index in [9.17, 15) is 95.0 Å². The van der Waals surface area contributed by atoms with Crippen LogP contribution in [0.15, 0.2) is 91.0 Å². The molecular formula is C86H125F3N12O29. The number of alkyl carbamates (subject to hydrolysis) is 6. The van der Waals surface area contributed by atoms with Crippen molar-refractivity contribution in [2.24, 2.45) is 0 Å². The summed E-state index contributed by atoms with van der Waals surface area (Å²) in [4.78, 5) is 197. The third-order valence-electron chi connectivity index (χ3n) is 19.7. The molecule has 0 aromatic heterocycles. The molecule has 5 aliphatic heterocycles. The van der Waals surface area contributed by atoms with Gasteiger partial charge in [-0.2, -0.15) is 13.2 Å². The molecule has 0 unspecified atom stereocenters. The number of fused-ring (bicyclic) bond motifs is 1. The van der Waals surface area contributed by atoms with E-state index in [0.29, 0.717) is 70.8 Å². The summed E-state index contributed by atoms with van der Waals surface area (Å²) in [5.74, 6) is -7.75. The molecule has 0 saturated carbocycles. The van der Waals surface area contributed by atoms with Gasteiger partial charge in [-0.05, 0) is 163 Å². The van der Waals surface area contributed by atoms with Crippen LogP contribution < -0.4 is 47.9 Å². The molecule has 0 spiro atoms. The zero-order valence-corrected chi connectivity index (χ0v) is 75.8. The first-order valence-corrected chi connectivity index (χ1v) is 42.0. The summed E-state index contributed by atoms with van der Waals surface area (Å²) in [6, 6.07) is 17.6. The van der Waals surface area contributed by atoms with Gasteiger partial charge in [-0.3, -0.25) is 34.1 Å². The minimum absolute atomic E-state index is 0.0217. The van der Waals surface area contributed by atoms with Gasteiger partial charge in [0, 0.05) is 25.2 Å².